The van der Waals surface area contributed by atoms with E-state index in [1.807, 2.05) is 0 Å². The normalized spacial score (nSPS) is 17.3. The number of aliphatic carboxylic acids is 1. The zero-order chi connectivity index (χ0) is 24.2. The van der Waals surface area contributed by atoms with E-state index < -0.39 is 32.2 Å². The third-order valence-electron chi connectivity index (χ3n) is 4.24. The standard InChI is InChI=1S/C19H16N4O8S2/c1-11-2-7-14(8-15(11)23(27)28)33(29,30)31-13-5-3-12(4-6-13)10-20-22-19-21-18(26)16(32-19)9-17(24)25/h2-8,10,16H,9H2,1H3,(H,24,25)(H,21,22,26)/b20-10+. The molecule has 0 aliphatic carbocycles. The van der Waals surface area contributed by atoms with Gasteiger partial charge in [0.05, 0.1) is 17.6 Å². The first-order chi connectivity index (χ1) is 15.5. The number of carboxylic acids is 1. The van der Waals surface area contributed by atoms with Crippen molar-refractivity contribution in [1.82, 2.24) is 5.32 Å². The molecule has 1 fully saturated rings. The molecule has 0 spiro atoms. The van der Waals surface area contributed by atoms with Crippen LogP contribution in [0.2, 0.25) is 0 Å². The molecule has 0 saturated carbocycles. The van der Waals surface area contributed by atoms with E-state index in [1.165, 1.54) is 49.5 Å². The summed E-state index contributed by atoms with van der Waals surface area (Å²) in [7, 11) is -4.29. The van der Waals surface area contributed by atoms with Crippen LogP contribution in [0.4, 0.5) is 5.69 Å². The highest BCUT2D eigenvalue weighted by Crippen LogP contribution is 2.25. The van der Waals surface area contributed by atoms with Gasteiger partial charge in [-0.15, -0.1) is 5.10 Å². The van der Waals surface area contributed by atoms with E-state index >= 15 is 0 Å². The number of carboxylic acid groups (broad SMARTS) is 1. The number of nitro groups is 1. The van der Waals surface area contributed by atoms with E-state index in [9.17, 15) is 28.1 Å². The lowest BCUT2D eigenvalue weighted by Crippen LogP contribution is -2.26. The molecule has 2 aromatic rings. The number of nitro benzene ring substituents is 1. The first kappa shape index (κ1) is 23.9. The van der Waals surface area contributed by atoms with Gasteiger partial charge in [0.25, 0.3) is 5.69 Å². The van der Waals surface area contributed by atoms with Crippen molar-refractivity contribution >= 4 is 50.8 Å². The van der Waals surface area contributed by atoms with Gasteiger partial charge in [-0.1, -0.05) is 17.8 Å². The monoisotopic (exact) mass is 492 g/mol. The summed E-state index contributed by atoms with van der Waals surface area (Å²) in [5, 5.41) is 29.3. The van der Waals surface area contributed by atoms with Crippen molar-refractivity contribution in [3.8, 4) is 5.75 Å². The molecule has 1 aliphatic rings. The predicted molar refractivity (Wildman–Crippen MR) is 119 cm³/mol. The Morgan fingerprint density at radius 2 is 2.00 bits per heavy atom. The Hall–Kier alpha value is -3.78. The number of nitrogens with one attached hydrogen (secondary N) is 1. The van der Waals surface area contributed by atoms with Gasteiger partial charge in [-0.2, -0.15) is 13.5 Å². The minimum Gasteiger partial charge on any atom is -0.481 e. The highest BCUT2D eigenvalue weighted by molar-refractivity contribution is 8.15. The van der Waals surface area contributed by atoms with Crippen LogP contribution in [0.5, 0.6) is 5.75 Å². The highest BCUT2D eigenvalue weighted by Gasteiger charge is 2.32. The van der Waals surface area contributed by atoms with E-state index in [1.54, 1.807) is 0 Å². The first-order valence-electron chi connectivity index (χ1n) is 9.15. The summed E-state index contributed by atoms with van der Waals surface area (Å²) < 4.78 is 29.9. The number of carbonyl (C=O) groups is 2. The zero-order valence-electron chi connectivity index (χ0n) is 16.9. The highest BCUT2D eigenvalue weighted by atomic mass is 32.2. The summed E-state index contributed by atoms with van der Waals surface area (Å²) in [5.41, 5.74) is 0.518. The van der Waals surface area contributed by atoms with Gasteiger partial charge in [-0.05, 0) is 42.8 Å². The molecule has 0 aromatic heterocycles. The SMILES string of the molecule is Cc1ccc(S(=O)(=O)Oc2ccc(/C=N/N=C3/NC(=O)C(CC(=O)O)S3)cc2)cc1[N+](=O)[O-]. The molecule has 1 heterocycles. The lowest BCUT2D eigenvalue weighted by Gasteiger charge is -2.08. The van der Waals surface area contributed by atoms with Gasteiger partial charge >= 0.3 is 16.1 Å². The Kier molecular flexibility index (Phi) is 7.08. The van der Waals surface area contributed by atoms with E-state index in [-0.39, 0.29) is 27.9 Å². The fourth-order valence-corrected chi connectivity index (χ4v) is 4.49. The quantitative estimate of drug-likeness (QED) is 0.241. The maximum atomic E-state index is 12.4. The third-order valence-corrected chi connectivity index (χ3v) is 6.56. The van der Waals surface area contributed by atoms with Gasteiger partial charge in [0.1, 0.15) is 15.9 Å². The Bertz CT molecular complexity index is 1270. The molecule has 33 heavy (non-hydrogen) atoms. The van der Waals surface area contributed by atoms with Gasteiger partial charge in [-0.3, -0.25) is 19.7 Å². The fraction of sp³-hybridized carbons (Fsp3) is 0.158. The van der Waals surface area contributed by atoms with Crippen molar-refractivity contribution in [2.45, 2.75) is 23.5 Å². The van der Waals surface area contributed by atoms with Gasteiger partial charge < -0.3 is 14.6 Å². The maximum absolute atomic E-state index is 12.4. The molecule has 2 aromatic carbocycles. The molecular formula is C19H16N4O8S2. The maximum Gasteiger partial charge on any atom is 0.339 e. The second-order valence-electron chi connectivity index (χ2n) is 6.66. The first-order valence-corrected chi connectivity index (χ1v) is 11.4. The second-order valence-corrected chi connectivity index (χ2v) is 9.39. The van der Waals surface area contributed by atoms with Crippen molar-refractivity contribution in [3.05, 3.63) is 63.7 Å². The molecule has 2 N–H and O–H groups in total. The van der Waals surface area contributed by atoms with Gasteiger partial charge in [0, 0.05) is 11.6 Å². The van der Waals surface area contributed by atoms with Crippen molar-refractivity contribution in [2.24, 2.45) is 10.2 Å². The molecule has 3 rings (SSSR count). The number of rotatable bonds is 8. The van der Waals surface area contributed by atoms with Crippen molar-refractivity contribution in [3.63, 3.8) is 0 Å². The summed E-state index contributed by atoms with van der Waals surface area (Å²) in [5.74, 6) is -1.58. The van der Waals surface area contributed by atoms with Crippen LogP contribution < -0.4 is 9.50 Å². The van der Waals surface area contributed by atoms with Crippen molar-refractivity contribution < 1.29 is 32.2 Å². The predicted octanol–water partition coefficient (Wildman–Crippen LogP) is 2.07. The Morgan fingerprint density at radius 1 is 1.30 bits per heavy atom. The molecule has 1 saturated heterocycles. The Morgan fingerprint density at radius 3 is 2.64 bits per heavy atom. The minimum atomic E-state index is -4.29. The number of thioether (sulfide) groups is 1. The van der Waals surface area contributed by atoms with Crippen LogP contribution in [0.15, 0.2) is 57.6 Å². The van der Waals surface area contributed by atoms with E-state index in [2.05, 4.69) is 15.5 Å². The molecule has 1 atom stereocenters. The molecule has 0 bridgehead atoms. The molecule has 172 valence electrons. The van der Waals surface area contributed by atoms with Crippen LogP contribution in [0, 0.1) is 17.0 Å². The molecule has 1 unspecified atom stereocenters. The molecule has 1 aliphatic heterocycles. The summed E-state index contributed by atoms with van der Waals surface area (Å²) in [6, 6.07) is 9.21. The lowest BCUT2D eigenvalue weighted by molar-refractivity contribution is -0.385. The number of amidine groups is 1. The Balaban J connectivity index is 1.66. The van der Waals surface area contributed by atoms with Crippen LogP contribution in [-0.2, 0) is 19.7 Å². The molecule has 0 radical (unpaired) electrons. The third kappa shape index (κ3) is 6.14. The van der Waals surface area contributed by atoms with Crippen LogP contribution in [0.25, 0.3) is 0 Å². The number of hydrogen-bond acceptors (Lipinski definition) is 10. The average molecular weight is 492 g/mol. The number of amides is 1. The van der Waals surface area contributed by atoms with E-state index in [0.717, 1.165) is 17.8 Å². The lowest BCUT2D eigenvalue weighted by atomic mass is 10.2. The Labute approximate surface area is 191 Å². The van der Waals surface area contributed by atoms with Crippen LogP contribution in [0.1, 0.15) is 17.5 Å². The van der Waals surface area contributed by atoms with Gasteiger partial charge in [0.15, 0.2) is 5.17 Å². The minimum absolute atomic E-state index is 0.0168. The number of aryl methyl sites for hydroxylation is 1. The summed E-state index contributed by atoms with van der Waals surface area (Å²) >= 11 is 0.958. The summed E-state index contributed by atoms with van der Waals surface area (Å²) in [6.07, 6.45) is 1.01. The van der Waals surface area contributed by atoms with Crippen LogP contribution in [0.3, 0.4) is 0 Å². The number of hydrogen-bond donors (Lipinski definition) is 2. The second kappa shape index (κ2) is 9.79. The molecule has 1 amide bonds. The largest absolute Gasteiger partial charge is 0.481 e. The average Bonchev–Trinajstić information content (AvgIpc) is 3.07. The van der Waals surface area contributed by atoms with Crippen molar-refractivity contribution in [1.29, 1.82) is 0 Å². The van der Waals surface area contributed by atoms with Gasteiger partial charge in [-0.25, -0.2) is 0 Å². The van der Waals surface area contributed by atoms with Gasteiger partial charge in [0.2, 0.25) is 5.91 Å². The number of benzene rings is 2. The summed E-state index contributed by atoms with van der Waals surface area (Å²) in [6.45, 7) is 1.49. The molecular weight excluding hydrogens is 476 g/mol. The number of carbonyl (C=O) groups excluding carboxylic acids is 1. The summed E-state index contributed by atoms with van der Waals surface area (Å²) in [4.78, 5) is 32.4. The molecule has 14 heteroatoms. The van der Waals surface area contributed by atoms with Crippen molar-refractivity contribution in [2.75, 3.05) is 0 Å². The number of nitrogens with zero attached hydrogens (tertiary/aromatic N) is 3. The van der Waals surface area contributed by atoms with Crippen LogP contribution >= 0.6 is 11.8 Å². The topological polar surface area (TPSA) is 178 Å². The van der Waals surface area contributed by atoms with Crippen LogP contribution in [-0.4, -0.2) is 47.0 Å². The molecule has 12 nitrogen and oxygen atoms in total. The van der Waals surface area contributed by atoms with E-state index in [4.69, 9.17) is 9.29 Å². The smallest absolute Gasteiger partial charge is 0.339 e. The van der Waals surface area contributed by atoms with E-state index in [0.29, 0.717) is 11.1 Å². The zero-order valence-corrected chi connectivity index (χ0v) is 18.5. The fourth-order valence-electron chi connectivity index (χ4n) is 2.62.